The minimum absolute atomic E-state index is 0.0569. The Balaban J connectivity index is 2.49. The molecular formula is C12H19N5O3. The number of rotatable bonds is 5. The summed E-state index contributed by atoms with van der Waals surface area (Å²) in [5.74, 6) is 0.429. The predicted octanol–water partition coefficient (Wildman–Crippen LogP) is -0.467. The standard InChI is InChI=1S/C12H19N5O3/c1-4-7(5-6-18)13-11-14-8-9(15-11)16(2)12(20)17(3)10(8)19/h7,18H,4-6H2,1-3H3,(H2,13,14,15). The van der Waals surface area contributed by atoms with Crippen molar-refractivity contribution in [2.45, 2.75) is 25.8 Å². The Morgan fingerprint density at radius 3 is 2.65 bits per heavy atom. The molecule has 2 heterocycles. The molecule has 110 valence electrons. The lowest BCUT2D eigenvalue weighted by atomic mass is 10.2. The van der Waals surface area contributed by atoms with Crippen LogP contribution in [-0.2, 0) is 14.1 Å². The van der Waals surface area contributed by atoms with E-state index in [4.69, 9.17) is 5.11 Å². The molecule has 0 spiro atoms. The summed E-state index contributed by atoms with van der Waals surface area (Å²) in [6.07, 6.45) is 1.40. The van der Waals surface area contributed by atoms with Crippen LogP contribution in [0.3, 0.4) is 0 Å². The van der Waals surface area contributed by atoms with E-state index < -0.39 is 11.2 Å². The summed E-state index contributed by atoms with van der Waals surface area (Å²) in [4.78, 5) is 31.0. The Morgan fingerprint density at radius 1 is 1.35 bits per heavy atom. The smallest absolute Gasteiger partial charge is 0.332 e. The molecule has 0 aliphatic rings. The van der Waals surface area contributed by atoms with Gasteiger partial charge < -0.3 is 15.4 Å². The molecule has 1 unspecified atom stereocenters. The molecule has 3 N–H and O–H groups in total. The van der Waals surface area contributed by atoms with E-state index in [0.29, 0.717) is 18.0 Å². The number of hydrogen-bond acceptors (Lipinski definition) is 5. The van der Waals surface area contributed by atoms with Gasteiger partial charge in [-0.15, -0.1) is 0 Å². The maximum Gasteiger partial charge on any atom is 0.332 e. The van der Waals surface area contributed by atoms with E-state index in [1.165, 1.54) is 11.6 Å². The van der Waals surface area contributed by atoms with Gasteiger partial charge in [-0.2, -0.15) is 4.98 Å². The summed E-state index contributed by atoms with van der Waals surface area (Å²) in [6, 6.07) is 0.0569. The third kappa shape index (κ3) is 2.34. The van der Waals surface area contributed by atoms with Crippen molar-refractivity contribution >= 4 is 17.1 Å². The summed E-state index contributed by atoms with van der Waals surface area (Å²) in [6.45, 7) is 2.07. The molecular weight excluding hydrogens is 262 g/mol. The fourth-order valence-corrected chi connectivity index (χ4v) is 2.12. The van der Waals surface area contributed by atoms with Crippen LogP contribution < -0.4 is 16.6 Å². The van der Waals surface area contributed by atoms with Gasteiger partial charge in [-0.25, -0.2) is 4.79 Å². The van der Waals surface area contributed by atoms with Gasteiger partial charge in [0.1, 0.15) is 0 Å². The number of aliphatic hydroxyl groups excluding tert-OH is 1. The first-order valence-corrected chi connectivity index (χ1v) is 6.52. The van der Waals surface area contributed by atoms with Crippen LogP contribution in [0.1, 0.15) is 19.8 Å². The van der Waals surface area contributed by atoms with E-state index in [9.17, 15) is 9.59 Å². The van der Waals surface area contributed by atoms with Crippen LogP contribution >= 0.6 is 0 Å². The van der Waals surface area contributed by atoms with Crippen molar-refractivity contribution in [2.24, 2.45) is 14.1 Å². The molecule has 2 aromatic rings. The average Bonchev–Trinajstić information content (AvgIpc) is 2.86. The Hall–Kier alpha value is -2.09. The number of hydrogen-bond donors (Lipinski definition) is 3. The van der Waals surface area contributed by atoms with Crippen molar-refractivity contribution in [1.29, 1.82) is 0 Å². The highest BCUT2D eigenvalue weighted by atomic mass is 16.3. The number of nitrogens with one attached hydrogen (secondary N) is 2. The average molecular weight is 281 g/mol. The van der Waals surface area contributed by atoms with E-state index in [2.05, 4.69) is 15.3 Å². The first-order chi connectivity index (χ1) is 9.49. The summed E-state index contributed by atoms with van der Waals surface area (Å²) < 4.78 is 2.36. The molecule has 8 nitrogen and oxygen atoms in total. The van der Waals surface area contributed by atoms with Gasteiger partial charge >= 0.3 is 5.69 Å². The van der Waals surface area contributed by atoms with Crippen LogP contribution in [0.2, 0.25) is 0 Å². The lowest BCUT2D eigenvalue weighted by Gasteiger charge is -2.14. The Morgan fingerprint density at radius 2 is 2.05 bits per heavy atom. The fraction of sp³-hybridized carbons (Fsp3) is 0.583. The number of anilines is 1. The number of nitrogens with zero attached hydrogens (tertiary/aromatic N) is 3. The third-order valence-corrected chi connectivity index (χ3v) is 3.41. The monoisotopic (exact) mass is 281 g/mol. The Kier molecular flexibility index (Phi) is 3.93. The summed E-state index contributed by atoms with van der Waals surface area (Å²) in [5.41, 5.74) is -0.211. The molecule has 2 aromatic heterocycles. The van der Waals surface area contributed by atoms with Gasteiger partial charge in [-0.1, -0.05) is 6.92 Å². The van der Waals surface area contributed by atoms with E-state index in [-0.39, 0.29) is 18.2 Å². The number of aliphatic hydroxyl groups is 1. The van der Waals surface area contributed by atoms with Gasteiger partial charge in [-0.05, 0) is 12.8 Å². The molecule has 1 atom stereocenters. The van der Waals surface area contributed by atoms with Crippen LogP contribution in [0, 0.1) is 0 Å². The van der Waals surface area contributed by atoms with Crippen molar-refractivity contribution in [2.75, 3.05) is 11.9 Å². The topological polar surface area (TPSA) is 105 Å². The van der Waals surface area contributed by atoms with Crippen LogP contribution in [0.25, 0.3) is 11.2 Å². The number of aryl methyl sites for hydroxylation is 1. The minimum atomic E-state index is -0.414. The summed E-state index contributed by atoms with van der Waals surface area (Å²) >= 11 is 0. The van der Waals surface area contributed by atoms with Gasteiger partial charge in [0.2, 0.25) is 5.95 Å². The quantitative estimate of drug-likeness (QED) is 0.687. The number of H-pyrrole nitrogens is 1. The molecule has 2 rings (SSSR count). The maximum atomic E-state index is 12.0. The van der Waals surface area contributed by atoms with Gasteiger partial charge in [0.15, 0.2) is 11.2 Å². The second-order valence-electron chi connectivity index (χ2n) is 4.75. The molecule has 0 saturated carbocycles. The molecule has 0 saturated heterocycles. The summed E-state index contributed by atoms with van der Waals surface area (Å²) in [5, 5.41) is 12.1. The molecule has 0 fully saturated rings. The van der Waals surface area contributed by atoms with E-state index in [0.717, 1.165) is 11.0 Å². The van der Waals surface area contributed by atoms with Crippen LogP contribution in [0.4, 0.5) is 5.95 Å². The van der Waals surface area contributed by atoms with Crippen molar-refractivity contribution in [3.05, 3.63) is 20.8 Å². The lowest BCUT2D eigenvalue weighted by Crippen LogP contribution is -2.36. The highest BCUT2D eigenvalue weighted by Crippen LogP contribution is 2.11. The van der Waals surface area contributed by atoms with Gasteiger partial charge in [-0.3, -0.25) is 13.9 Å². The maximum absolute atomic E-state index is 12.0. The number of imidazole rings is 1. The first kappa shape index (κ1) is 14.3. The minimum Gasteiger partial charge on any atom is -0.396 e. The summed E-state index contributed by atoms with van der Waals surface area (Å²) in [7, 11) is 3.00. The normalized spacial score (nSPS) is 12.8. The third-order valence-electron chi connectivity index (χ3n) is 3.41. The molecule has 0 radical (unpaired) electrons. The van der Waals surface area contributed by atoms with Crippen molar-refractivity contribution in [3.8, 4) is 0 Å². The molecule has 0 aromatic carbocycles. The second-order valence-corrected chi connectivity index (χ2v) is 4.75. The SMILES string of the molecule is CCC(CCO)Nc1nc2c([nH]1)c(=O)n(C)c(=O)n2C. The first-order valence-electron chi connectivity index (χ1n) is 6.52. The second kappa shape index (κ2) is 5.49. The number of aromatic amines is 1. The number of aromatic nitrogens is 4. The fourth-order valence-electron chi connectivity index (χ4n) is 2.12. The molecule has 0 amide bonds. The molecule has 20 heavy (non-hydrogen) atoms. The predicted molar refractivity (Wildman–Crippen MR) is 76.0 cm³/mol. The molecule has 0 bridgehead atoms. The van der Waals surface area contributed by atoms with Gasteiger partial charge in [0.25, 0.3) is 5.56 Å². The van der Waals surface area contributed by atoms with Crippen molar-refractivity contribution in [3.63, 3.8) is 0 Å². The van der Waals surface area contributed by atoms with Crippen LogP contribution in [-0.4, -0.2) is 36.9 Å². The lowest BCUT2D eigenvalue weighted by molar-refractivity contribution is 0.278. The zero-order valence-corrected chi connectivity index (χ0v) is 11.8. The van der Waals surface area contributed by atoms with E-state index >= 15 is 0 Å². The highest BCUT2D eigenvalue weighted by molar-refractivity contribution is 5.72. The van der Waals surface area contributed by atoms with Crippen LogP contribution in [0.15, 0.2) is 9.59 Å². The molecule has 8 heteroatoms. The van der Waals surface area contributed by atoms with Crippen LogP contribution in [0.5, 0.6) is 0 Å². The van der Waals surface area contributed by atoms with Crippen molar-refractivity contribution in [1.82, 2.24) is 19.1 Å². The van der Waals surface area contributed by atoms with Gasteiger partial charge in [0, 0.05) is 26.7 Å². The molecule has 0 aliphatic carbocycles. The largest absolute Gasteiger partial charge is 0.396 e. The molecule has 0 aliphatic heterocycles. The van der Waals surface area contributed by atoms with Gasteiger partial charge in [0.05, 0.1) is 0 Å². The zero-order valence-electron chi connectivity index (χ0n) is 11.8. The highest BCUT2D eigenvalue weighted by Gasteiger charge is 2.15. The Labute approximate surface area is 115 Å². The Bertz CT molecular complexity index is 727. The zero-order chi connectivity index (χ0) is 14.9. The number of fused-ring (bicyclic) bond motifs is 1. The van der Waals surface area contributed by atoms with E-state index in [1.807, 2.05) is 6.92 Å². The van der Waals surface area contributed by atoms with Crippen molar-refractivity contribution < 1.29 is 5.11 Å². The van der Waals surface area contributed by atoms with E-state index in [1.54, 1.807) is 7.05 Å².